The van der Waals surface area contributed by atoms with Gasteiger partial charge in [0.2, 0.25) is 0 Å². The van der Waals surface area contributed by atoms with E-state index < -0.39 is 6.10 Å². The number of methoxy groups -OCH3 is 1. The summed E-state index contributed by atoms with van der Waals surface area (Å²) in [5, 5.41) is 9.42. The van der Waals surface area contributed by atoms with Crippen LogP contribution in [0, 0.1) is 5.82 Å². The molecule has 0 saturated heterocycles. The summed E-state index contributed by atoms with van der Waals surface area (Å²) in [7, 11) is 1.54. The first kappa shape index (κ1) is 12.6. The number of hydrogen-bond acceptors (Lipinski definition) is 2. The molecule has 0 bridgehead atoms. The molecule has 84 valence electrons. The normalized spacial score (nSPS) is 12.8. The van der Waals surface area contributed by atoms with Crippen molar-refractivity contribution in [1.29, 1.82) is 0 Å². The Morgan fingerprint density at radius 2 is 2.20 bits per heavy atom. The lowest BCUT2D eigenvalue weighted by Crippen LogP contribution is -2.14. The van der Waals surface area contributed by atoms with Crippen LogP contribution < -0.4 is 0 Å². The van der Waals surface area contributed by atoms with Crippen LogP contribution in [0.3, 0.4) is 0 Å². The highest BCUT2D eigenvalue weighted by Crippen LogP contribution is 2.16. The minimum Gasteiger partial charge on any atom is -0.391 e. The maximum atomic E-state index is 13.0. The molecule has 15 heavy (non-hydrogen) atoms. The van der Waals surface area contributed by atoms with Crippen LogP contribution in [0.15, 0.2) is 22.7 Å². The smallest absolute Gasteiger partial charge is 0.124 e. The summed E-state index contributed by atoms with van der Waals surface area (Å²) in [5.41, 5.74) is 0.872. The average Bonchev–Trinajstić information content (AvgIpc) is 2.14. The van der Waals surface area contributed by atoms with E-state index in [0.717, 1.165) is 10.0 Å². The summed E-state index contributed by atoms with van der Waals surface area (Å²) in [6.07, 6.45) is 0.724. The Morgan fingerprint density at radius 1 is 1.47 bits per heavy atom. The van der Waals surface area contributed by atoms with Gasteiger partial charge in [0.25, 0.3) is 0 Å². The first-order valence-electron chi connectivity index (χ1n) is 4.74. The predicted molar refractivity (Wildman–Crippen MR) is 60.3 cm³/mol. The van der Waals surface area contributed by atoms with Crippen LogP contribution in [0.4, 0.5) is 4.39 Å². The van der Waals surface area contributed by atoms with Crippen LogP contribution in [-0.2, 0) is 11.2 Å². The molecule has 0 amide bonds. The van der Waals surface area contributed by atoms with Crippen molar-refractivity contribution in [2.75, 3.05) is 13.7 Å². The van der Waals surface area contributed by atoms with E-state index in [1.807, 2.05) is 6.07 Å². The summed E-state index contributed by atoms with van der Waals surface area (Å²) in [4.78, 5) is 0. The molecule has 0 aliphatic rings. The van der Waals surface area contributed by atoms with Gasteiger partial charge >= 0.3 is 0 Å². The Kier molecular flexibility index (Phi) is 5.22. The van der Waals surface area contributed by atoms with Gasteiger partial charge in [-0.3, -0.25) is 0 Å². The number of aliphatic hydroxyl groups excluding tert-OH is 1. The van der Waals surface area contributed by atoms with Crippen molar-refractivity contribution in [3.63, 3.8) is 0 Å². The predicted octanol–water partition coefficient (Wildman–Crippen LogP) is 2.53. The third-order valence-electron chi connectivity index (χ3n) is 2.05. The number of benzene rings is 1. The minimum atomic E-state index is -0.489. The fraction of sp³-hybridized carbons (Fsp3) is 0.455. The molecular formula is C11H14BrFO2. The molecular weight excluding hydrogens is 263 g/mol. The zero-order valence-corrected chi connectivity index (χ0v) is 10.1. The molecule has 0 aliphatic carbocycles. The maximum absolute atomic E-state index is 13.0. The quantitative estimate of drug-likeness (QED) is 0.896. The molecule has 1 unspecified atom stereocenters. The highest BCUT2D eigenvalue weighted by Gasteiger charge is 2.05. The van der Waals surface area contributed by atoms with Gasteiger partial charge in [0.05, 0.1) is 12.7 Å². The molecule has 0 radical (unpaired) electrons. The molecule has 0 spiro atoms. The summed E-state index contributed by atoms with van der Waals surface area (Å²) >= 11 is 3.22. The van der Waals surface area contributed by atoms with E-state index in [-0.39, 0.29) is 5.82 Å². The molecule has 2 nitrogen and oxygen atoms in total. The van der Waals surface area contributed by atoms with Gasteiger partial charge in [-0.2, -0.15) is 0 Å². The minimum absolute atomic E-state index is 0.263. The second-order valence-electron chi connectivity index (χ2n) is 3.43. The van der Waals surface area contributed by atoms with E-state index in [1.165, 1.54) is 12.1 Å². The number of aliphatic hydroxyl groups is 1. The van der Waals surface area contributed by atoms with Gasteiger partial charge in [-0.1, -0.05) is 15.9 Å². The summed E-state index contributed by atoms with van der Waals surface area (Å²) in [6, 6.07) is 4.74. The lowest BCUT2D eigenvalue weighted by atomic mass is 10.1. The van der Waals surface area contributed by atoms with Crippen molar-refractivity contribution in [2.45, 2.75) is 18.9 Å². The van der Waals surface area contributed by atoms with Crippen LogP contribution in [0.5, 0.6) is 0 Å². The van der Waals surface area contributed by atoms with Gasteiger partial charge in [-0.05, 0) is 36.6 Å². The molecule has 1 aromatic rings. The van der Waals surface area contributed by atoms with Crippen molar-refractivity contribution in [2.24, 2.45) is 0 Å². The molecule has 4 heteroatoms. The van der Waals surface area contributed by atoms with Crippen LogP contribution in [0.1, 0.15) is 12.0 Å². The molecule has 1 atom stereocenters. The Hall–Kier alpha value is -0.450. The van der Waals surface area contributed by atoms with E-state index in [4.69, 9.17) is 4.74 Å². The molecule has 0 heterocycles. The SMILES string of the molecule is COCC(O)CCc1cc(F)cc(Br)c1. The van der Waals surface area contributed by atoms with Gasteiger partial charge in [0.1, 0.15) is 5.82 Å². The van der Waals surface area contributed by atoms with Gasteiger partial charge < -0.3 is 9.84 Å². The molecule has 0 fully saturated rings. The highest BCUT2D eigenvalue weighted by atomic mass is 79.9. The average molecular weight is 277 g/mol. The van der Waals surface area contributed by atoms with Gasteiger partial charge in [0, 0.05) is 11.6 Å². The number of ether oxygens (including phenoxy) is 1. The Morgan fingerprint density at radius 3 is 2.80 bits per heavy atom. The monoisotopic (exact) mass is 276 g/mol. The second kappa shape index (κ2) is 6.20. The van der Waals surface area contributed by atoms with E-state index in [9.17, 15) is 9.50 Å². The topological polar surface area (TPSA) is 29.5 Å². The molecule has 0 aliphatic heterocycles. The Balaban J connectivity index is 2.50. The first-order chi connectivity index (χ1) is 7.11. The van der Waals surface area contributed by atoms with Crippen LogP contribution in [-0.4, -0.2) is 24.9 Å². The molecule has 1 N–H and O–H groups in total. The third-order valence-corrected chi connectivity index (χ3v) is 2.51. The van der Waals surface area contributed by atoms with Crippen molar-refractivity contribution in [1.82, 2.24) is 0 Å². The van der Waals surface area contributed by atoms with Crippen molar-refractivity contribution < 1.29 is 14.2 Å². The highest BCUT2D eigenvalue weighted by molar-refractivity contribution is 9.10. The molecule has 0 aromatic heterocycles. The van der Waals surface area contributed by atoms with E-state index in [2.05, 4.69) is 15.9 Å². The second-order valence-corrected chi connectivity index (χ2v) is 4.34. The summed E-state index contributed by atoms with van der Waals surface area (Å²) in [5.74, 6) is -0.263. The number of aryl methyl sites for hydroxylation is 1. The standard InChI is InChI=1S/C11H14BrFO2/c1-15-7-11(14)3-2-8-4-9(12)6-10(13)5-8/h4-6,11,14H,2-3,7H2,1H3. The number of rotatable bonds is 5. The van der Waals surface area contributed by atoms with Gasteiger partial charge in [-0.15, -0.1) is 0 Å². The third kappa shape index (κ3) is 4.73. The van der Waals surface area contributed by atoms with Crippen LogP contribution in [0.2, 0.25) is 0 Å². The van der Waals surface area contributed by atoms with Crippen LogP contribution in [0.25, 0.3) is 0 Å². The first-order valence-corrected chi connectivity index (χ1v) is 5.53. The lowest BCUT2D eigenvalue weighted by molar-refractivity contribution is 0.0595. The van der Waals surface area contributed by atoms with Crippen LogP contribution >= 0.6 is 15.9 Å². The van der Waals surface area contributed by atoms with E-state index in [1.54, 1.807) is 7.11 Å². The number of halogens is 2. The van der Waals surface area contributed by atoms with Gasteiger partial charge in [-0.25, -0.2) is 4.39 Å². The lowest BCUT2D eigenvalue weighted by Gasteiger charge is -2.09. The largest absolute Gasteiger partial charge is 0.391 e. The number of hydrogen-bond donors (Lipinski definition) is 1. The summed E-state index contributed by atoms with van der Waals surface area (Å²) in [6.45, 7) is 0.316. The fourth-order valence-electron chi connectivity index (χ4n) is 1.36. The van der Waals surface area contributed by atoms with E-state index >= 15 is 0 Å². The maximum Gasteiger partial charge on any atom is 0.124 e. The van der Waals surface area contributed by atoms with Crippen molar-refractivity contribution in [3.8, 4) is 0 Å². The van der Waals surface area contributed by atoms with E-state index in [0.29, 0.717) is 19.4 Å². The summed E-state index contributed by atoms with van der Waals surface area (Å²) < 4.78 is 18.5. The molecule has 1 aromatic carbocycles. The zero-order valence-electron chi connectivity index (χ0n) is 8.54. The fourth-order valence-corrected chi connectivity index (χ4v) is 1.88. The zero-order chi connectivity index (χ0) is 11.3. The van der Waals surface area contributed by atoms with Gasteiger partial charge in [0.15, 0.2) is 0 Å². The molecule has 0 saturated carbocycles. The van der Waals surface area contributed by atoms with Crippen molar-refractivity contribution in [3.05, 3.63) is 34.1 Å². The molecule has 1 rings (SSSR count). The Bertz CT molecular complexity index is 297. The Labute approximate surface area is 97.2 Å². The van der Waals surface area contributed by atoms with Crippen molar-refractivity contribution >= 4 is 15.9 Å².